The van der Waals surface area contributed by atoms with Crippen molar-refractivity contribution in [3.8, 4) is 11.1 Å². The van der Waals surface area contributed by atoms with Crippen molar-refractivity contribution in [2.75, 3.05) is 0 Å². The third-order valence-corrected chi connectivity index (χ3v) is 5.62. The molecule has 0 unspecified atom stereocenters. The molecule has 0 saturated carbocycles. The predicted octanol–water partition coefficient (Wildman–Crippen LogP) is 5.74. The zero-order valence-electron chi connectivity index (χ0n) is 17.4. The van der Waals surface area contributed by atoms with Gasteiger partial charge in [0.05, 0.1) is 19.2 Å². The van der Waals surface area contributed by atoms with Crippen molar-refractivity contribution in [3.63, 3.8) is 0 Å². The van der Waals surface area contributed by atoms with Gasteiger partial charge in [0.25, 0.3) is 0 Å². The second-order valence-electron chi connectivity index (χ2n) is 7.29. The van der Waals surface area contributed by atoms with Crippen LogP contribution in [0.1, 0.15) is 16.8 Å². The first-order valence-corrected chi connectivity index (χ1v) is 10.9. The highest BCUT2D eigenvalue weighted by Crippen LogP contribution is 2.27. The third-order valence-electron chi connectivity index (χ3n) is 4.91. The van der Waals surface area contributed by atoms with E-state index < -0.39 is 0 Å². The fourth-order valence-corrected chi connectivity index (χ4v) is 3.81. The highest BCUT2D eigenvalue weighted by Gasteiger charge is 2.13. The van der Waals surface area contributed by atoms with Gasteiger partial charge in [-0.15, -0.1) is 0 Å². The van der Waals surface area contributed by atoms with Gasteiger partial charge in [-0.05, 0) is 35.4 Å². The first-order valence-electron chi connectivity index (χ1n) is 10.1. The molecule has 0 atom stereocenters. The second kappa shape index (κ2) is 10.4. The maximum Gasteiger partial charge on any atom is 0.244 e. The molecule has 166 valence electrons. The highest BCUT2D eigenvalue weighted by molar-refractivity contribution is 6.35. The Hall–Kier alpha value is -3.48. The van der Waals surface area contributed by atoms with Gasteiger partial charge in [0.15, 0.2) is 0 Å². The maximum atomic E-state index is 13.0. The number of nitrogens with zero attached hydrogens (tertiary/aromatic N) is 3. The van der Waals surface area contributed by atoms with Crippen molar-refractivity contribution < 1.29 is 9.18 Å². The van der Waals surface area contributed by atoms with Gasteiger partial charge in [0.1, 0.15) is 11.5 Å². The molecule has 0 bridgehead atoms. The average molecular weight is 481 g/mol. The quantitative estimate of drug-likeness (QED) is 0.271. The molecule has 1 heterocycles. The van der Waals surface area contributed by atoms with E-state index >= 15 is 0 Å². The van der Waals surface area contributed by atoms with Crippen LogP contribution < -0.4 is 5.43 Å². The molecule has 5 nitrogen and oxygen atoms in total. The van der Waals surface area contributed by atoms with Crippen LogP contribution in [0.4, 0.5) is 4.39 Å². The van der Waals surface area contributed by atoms with Gasteiger partial charge >= 0.3 is 0 Å². The number of aromatic nitrogens is 2. The largest absolute Gasteiger partial charge is 0.273 e. The van der Waals surface area contributed by atoms with E-state index in [4.69, 9.17) is 23.2 Å². The summed E-state index contributed by atoms with van der Waals surface area (Å²) in [5.74, 6) is -0.666. The van der Waals surface area contributed by atoms with Crippen molar-refractivity contribution in [1.29, 1.82) is 0 Å². The first-order chi connectivity index (χ1) is 16.0. The van der Waals surface area contributed by atoms with E-state index in [1.54, 1.807) is 35.0 Å². The Morgan fingerprint density at radius 3 is 2.39 bits per heavy atom. The summed E-state index contributed by atoms with van der Waals surface area (Å²) < 4.78 is 14.8. The topological polar surface area (TPSA) is 59.3 Å². The lowest BCUT2D eigenvalue weighted by Crippen LogP contribution is -2.19. The molecule has 4 aromatic rings. The molecule has 8 heteroatoms. The van der Waals surface area contributed by atoms with E-state index in [-0.39, 0.29) is 18.1 Å². The van der Waals surface area contributed by atoms with Crippen LogP contribution in [0.2, 0.25) is 10.0 Å². The molecule has 0 aliphatic rings. The summed E-state index contributed by atoms with van der Waals surface area (Å²) in [5.41, 5.74) is 6.32. The Morgan fingerprint density at radius 2 is 1.70 bits per heavy atom. The molecule has 0 saturated heterocycles. The van der Waals surface area contributed by atoms with Crippen LogP contribution in [0.3, 0.4) is 0 Å². The molecule has 0 fully saturated rings. The molecule has 4 rings (SSSR count). The number of halogens is 3. The smallest absolute Gasteiger partial charge is 0.244 e. The molecule has 0 aliphatic heterocycles. The normalized spacial score (nSPS) is 11.1. The molecule has 1 N–H and O–H groups in total. The number of rotatable bonds is 7. The third kappa shape index (κ3) is 5.86. The van der Waals surface area contributed by atoms with Crippen LogP contribution in [-0.2, 0) is 17.8 Å². The van der Waals surface area contributed by atoms with E-state index in [0.717, 1.165) is 16.7 Å². The van der Waals surface area contributed by atoms with Crippen molar-refractivity contribution in [1.82, 2.24) is 15.2 Å². The fourth-order valence-electron chi connectivity index (χ4n) is 3.29. The number of carbonyl (C=O) groups is 1. The van der Waals surface area contributed by atoms with Gasteiger partial charge in [-0.2, -0.15) is 10.2 Å². The molecule has 0 radical (unpaired) electrons. The Balaban J connectivity index is 1.54. The fraction of sp³-hybridized carbons (Fsp3) is 0.0800. The van der Waals surface area contributed by atoms with Crippen LogP contribution in [0.5, 0.6) is 0 Å². The van der Waals surface area contributed by atoms with Crippen LogP contribution in [0, 0.1) is 5.82 Å². The summed E-state index contributed by atoms with van der Waals surface area (Å²) >= 11 is 12.6. The number of nitrogens with one attached hydrogen (secondary N) is 1. The van der Waals surface area contributed by atoms with Crippen molar-refractivity contribution in [3.05, 3.63) is 112 Å². The molecule has 1 aromatic heterocycles. The van der Waals surface area contributed by atoms with Gasteiger partial charge in [0.2, 0.25) is 5.91 Å². The van der Waals surface area contributed by atoms with Gasteiger partial charge in [-0.1, -0.05) is 71.7 Å². The minimum absolute atomic E-state index is 0.0859. The van der Waals surface area contributed by atoms with Gasteiger partial charge in [-0.25, -0.2) is 9.82 Å². The average Bonchev–Trinajstić information content (AvgIpc) is 3.21. The lowest BCUT2D eigenvalue weighted by molar-refractivity contribution is -0.120. The summed E-state index contributed by atoms with van der Waals surface area (Å²) in [6.07, 6.45) is 3.47. The SMILES string of the molecule is O=C(Cc1ccc(F)cc1)N/N=C\c1nn(Cc2c(Cl)cccc2Cl)cc1-c1ccccc1. The number of amides is 1. The summed E-state index contributed by atoms with van der Waals surface area (Å²) in [5, 5.41) is 9.80. The lowest BCUT2D eigenvalue weighted by Gasteiger charge is -2.06. The highest BCUT2D eigenvalue weighted by atomic mass is 35.5. The number of hydrogen-bond donors (Lipinski definition) is 1. The Kier molecular flexibility index (Phi) is 7.17. The van der Waals surface area contributed by atoms with Gasteiger partial charge in [0, 0.05) is 27.4 Å². The molecule has 0 spiro atoms. The van der Waals surface area contributed by atoms with Crippen LogP contribution >= 0.6 is 23.2 Å². The molecule has 3 aromatic carbocycles. The number of hydrogen-bond acceptors (Lipinski definition) is 3. The minimum Gasteiger partial charge on any atom is -0.273 e. The van der Waals surface area contributed by atoms with Crippen molar-refractivity contribution in [2.45, 2.75) is 13.0 Å². The first kappa shape index (κ1) is 22.7. The predicted molar refractivity (Wildman–Crippen MR) is 129 cm³/mol. The maximum absolute atomic E-state index is 13.0. The summed E-state index contributed by atoms with van der Waals surface area (Å²) in [6, 6.07) is 20.8. The Morgan fingerprint density at radius 1 is 1.00 bits per heavy atom. The zero-order valence-corrected chi connectivity index (χ0v) is 18.9. The van der Waals surface area contributed by atoms with E-state index in [1.807, 2.05) is 36.5 Å². The van der Waals surface area contributed by atoms with Gasteiger partial charge < -0.3 is 0 Å². The van der Waals surface area contributed by atoms with Gasteiger partial charge in [-0.3, -0.25) is 9.48 Å². The van der Waals surface area contributed by atoms with E-state index in [0.29, 0.717) is 27.8 Å². The zero-order chi connectivity index (χ0) is 23.2. The Bertz CT molecular complexity index is 1270. The summed E-state index contributed by atoms with van der Waals surface area (Å²) in [7, 11) is 0. The molecule has 0 aliphatic carbocycles. The number of carbonyl (C=O) groups excluding carboxylic acids is 1. The molecule has 33 heavy (non-hydrogen) atoms. The van der Waals surface area contributed by atoms with Crippen LogP contribution in [0.15, 0.2) is 84.1 Å². The Labute approximate surface area is 200 Å². The van der Waals surface area contributed by atoms with E-state index in [1.165, 1.54) is 18.3 Å². The molecular weight excluding hydrogens is 462 g/mol. The second-order valence-corrected chi connectivity index (χ2v) is 8.10. The molecular formula is C25H19Cl2FN4O. The standard InChI is InChI=1S/C25H19Cl2FN4O/c26-22-7-4-8-23(27)21(22)16-32-15-20(18-5-2-1-3-6-18)24(31-32)14-29-30-25(33)13-17-9-11-19(28)12-10-17/h1-12,14-15H,13,16H2,(H,30,33)/b29-14-. The van der Waals surface area contributed by atoms with Crippen LogP contribution in [-0.4, -0.2) is 21.9 Å². The number of hydrazone groups is 1. The monoisotopic (exact) mass is 480 g/mol. The van der Waals surface area contributed by atoms with Crippen LogP contribution in [0.25, 0.3) is 11.1 Å². The van der Waals surface area contributed by atoms with Crippen molar-refractivity contribution in [2.24, 2.45) is 5.10 Å². The molecule has 1 amide bonds. The minimum atomic E-state index is -0.348. The summed E-state index contributed by atoms with van der Waals surface area (Å²) in [4.78, 5) is 12.2. The van der Waals surface area contributed by atoms with Crippen molar-refractivity contribution >= 4 is 35.3 Å². The van der Waals surface area contributed by atoms with E-state index in [9.17, 15) is 9.18 Å². The van der Waals surface area contributed by atoms with E-state index in [2.05, 4.69) is 15.6 Å². The lowest BCUT2D eigenvalue weighted by atomic mass is 10.1. The summed E-state index contributed by atoms with van der Waals surface area (Å²) in [6.45, 7) is 0.378. The number of benzene rings is 3.